The average molecular weight is 166 g/mol. The van der Waals surface area contributed by atoms with Crippen molar-refractivity contribution in [3.05, 3.63) is 23.8 Å². The second kappa shape index (κ2) is 4.00. The fourth-order valence-electron chi connectivity index (χ4n) is 1.10. The summed E-state index contributed by atoms with van der Waals surface area (Å²) in [5, 5.41) is 9.27. The summed E-state index contributed by atoms with van der Waals surface area (Å²) >= 11 is 0. The summed E-state index contributed by atoms with van der Waals surface area (Å²) in [4.78, 5) is 0. The third-order valence-corrected chi connectivity index (χ3v) is 1.67. The maximum atomic E-state index is 9.27. The summed E-state index contributed by atoms with van der Waals surface area (Å²) in [6.07, 6.45) is 0.911. The maximum Gasteiger partial charge on any atom is 0.123 e. The lowest BCUT2D eigenvalue weighted by Gasteiger charge is -2.05. The molecule has 0 fully saturated rings. The first-order chi connectivity index (χ1) is 5.76. The highest BCUT2D eigenvalue weighted by Gasteiger charge is 1.98. The van der Waals surface area contributed by atoms with Crippen LogP contribution in [0.25, 0.3) is 0 Å². The molecule has 0 aliphatic rings. The van der Waals surface area contributed by atoms with Crippen molar-refractivity contribution < 1.29 is 9.84 Å². The van der Waals surface area contributed by atoms with Crippen molar-refractivity contribution in [2.75, 3.05) is 6.61 Å². The van der Waals surface area contributed by atoms with Crippen LogP contribution in [0.3, 0.4) is 0 Å². The van der Waals surface area contributed by atoms with E-state index in [0.717, 1.165) is 17.7 Å². The van der Waals surface area contributed by atoms with Crippen LogP contribution in [0, 0.1) is 0 Å². The van der Waals surface area contributed by atoms with Gasteiger partial charge in [-0.3, -0.25) is 0 Å². The minimum Gasteiger partial charge on any atom is -0.508 e. The lowest BCUT2D eigenvalue weighted by Crippen LogP contribution is -1.92. The van der Waals surface area contributed by atoms with Gasteiger partial charge in [-0.1, -0.05) is 6.92 Å². The number of hydrogen-bond acceptors (Lipinski definition) is 2. The minimum absolute atomic E-state index is 0.276. The molecule has 0 heterocycles. The van der Waals surface area contributed by atoms with Gasteiger partial charge in [0.25, 0.3) is 0 Å². The molecule has 0 aliphatic carbocycles. The number of benzene rings is 1. The number of hydrogen-bond donors (Lipinski definition) is 1. The summed E-state index contributed by atoms with van der Waals surface area (Å²) in [7, 11) is 0. The van der Waals surface area contributed by atoms with Gasteiger partial charge in [0.15, 0.2) is 0 Å². The molecular formula is C10H14O2. The van der Waals surface area contributed by atoms with Crippen molar-refractivity contribution in [2.45, 2.75) is 20.3 Å². The van der Waals surface area contributed by atoms with E-state index >= 15 is 0 Å². The number of rotatable bonds is 3. The van der Waals surface area contributed by atoms with Gasteiger partial charge in [-0.05, 0) is 31.0 Å². The maximum absolute atomic E-state index is 9.27. The third kappa shape index (κ3) is 2.16. The molecule has 0 saturated heterocycles. The first kappa shape index (κ1) is 8.91. The van der Waals surface area contributed by atoms with Crippen molar-refractivity contribution >= 4 is 0 Å². The van der Waals surface area contributed by atoms with Crippen LogP contribution in [0.5, 0.6) is 11.5 Å². The summed E-state index contributed by atoms with van der Waals surface area (Å²) in [5.41, 5.74) is 1.10. The third-order valence-electron chi connectivity index (χ3n) is 1.67. The first-order valence-electron chi connectivity index (χ1n) is 4.22. The quantitative estimate of drug-likeness (QED) is 0.746. The highest BCUT2D eigenvalue weighted by atomic mass is 16.5. The number of aromatic hydroxyl groups is 1. The molecule has 0 bridgehead atoms. The second-order valence-corrected chi connectivity index (χ2v) is 2.62. The van der Waals surface area contributed by atoms with E-state index < -0.39 is 0 Å². The van der Waals surface area contributed by atoms with Crippen LogP contribution in [-0.2, 0) is 6.42 Å². The van der Waals surface area contributed by atoms with Crippen LogP contribution in [0.1, 0.15) is 19.4 Å². The Bertz CT molecular complexity index is 256. The Balaban J connectivity index is 2.90. The largest absolute Gasteiger partial charge is 0.508 e. The second-order valence-electron chi connectivity index (χ2n) is 2.62. The highest BCUT2D eigenvalue weighted by molar-refractivity contribution is 5.37. The van der Waals surface area contributed by atoms with Gasteiger partial charge in [0.1, 0.15) is 11.5 Å². The van der Waals surface area contributed by atoms with Gasteiger partial charge in [0.2, 0.25) is 0 Å². The zero-order chi connectivity index (χ0) is 8.97. The summed E-state index contributed by atoms with van der Waals surface area (Å²) in [6, 6.07) is 5.33. The number of aryl methyl sites for hydroxylation is 1. The smallest absolute Gasteiger partial charge is 0.123 e. The lowest BCUT2D eigenvalue weighted by molar-refractivity contribution is 0.337. The SMILES string of the molecule is CCOc1cc(O)cc(CC)c1. The van der Waals surface area contributed by atoms with Crippen molar-refractivity contribution in [3.63, 3.8) is 0 Å². The van der Waals surface area contributed by atoms with Crippen LogP contribution in [0.4, 0.5) is 0 Å². The van der Waals surface area contributed by atoms with E-state index in [9.17, 15) is 5.11 Å². The molecular weight excluding hydrogens is 152 g/mol. The van der Waals surface area contributed by atoms with Crippen molar-refractivity contribution in [2.24, 2.45) is 0 Å². The Hall–Kier alpha value is -1.18. The lowest BCUT2D eigenvalue weighted by atomic mass is 10.1. The summed E-state index contributed by atoms with van der Waals surface area (Å²) in [6.45, 7) is 4.60. The highest BCUT2D eigenvalue weighted by Crippen LogP contribution is 2.21. The molecule has 0 aliphatic heterocycles. The topological polar surface area (TPSA) is 29.5 Å². The molecule has 1 rings (SSSR count). The van der Waals surface area contributed by atoms with E-state index in [1.807, 2.05) is 19.9 Å². The molecule has 66 valence electrons. The Morgan fingerprint density at radius 2 is 2.00 bits per heavy atom. The Kier molecular flexibility index (Phi) is 2.97. The van der Waals surface area contributed by atoms with E-state index in [1.165, 1.54) is 0 Å². The molecule has 0 unspecified atom stereocenters. The molecule has 0 atom stereocenters. The molecule has 2 nitrogen and oxygen atoms in total. The van der Waals surface area contributed by atoms with Gasteiger partial charge in [-0.25, -0.2) is 0 Å². The molecule has 0 spiro atoms. The van der Waals surface area contributed by atoms with Gasteiger partial charge in [-0.2, -0.15) is 0 Å². The van der Waals surface area contributed by atoms with Crippen molar-refractivity contribution in [1.82, 2.24) is 0 Å². The summed E-state index contributed by atoms with van der Waals surface area (Å²) < 4.78 is 5.27. The van der Waals surface area contributed by atoms with Crippen LogP contribution < -0.4 is 4.74 Å². The zero-order valence-corrected chi connectivity index (χ0v) is 7.50. The van der Waals surface area contributed by atoms with Crippen LogP contribution in [-0.4, -0.2) is 11.7 Å². The fraction of sp³-hybridized carbons (Fsp3) is 0.400. The number of phenols is 1. The van der Waals surface area contributed by atoms with Gasteiger partial charge in [0, 0.05) is 6.07 Å². The predicted molar refractivity (Wildman–Crippen MR) is 48.7 cm³/mol. The van der Waals surface area contributed by atoms with E-state index in [1.54, 1.807) is 12.1 Å². The standard InChI is InChI=1S/C10H14O2/c1-3-8-5-9(11)7-10(6-8)12-4-2/h5-7,11H,3-4H2,1-2H3. The molecule has 0 amide bonds. The van der Waals surface area contributed by atoms with Gasteiger partial charge < -0.3 is 9.84 Å². The molecule has 12 heavy (non-hydrogen) atoms. The van der Waals surface area contributed by atoms with Crippen molar-refractivity contribution in [1.29, 1.82) is 0 Å². The monoisotopic (exact) mass is 166 g/mol. The van der Waals surface area contributed by atoms with Gasteiger partial charge in [-0.15, -0.1) is 0 Å². The fourth-order valence-corrected chi connectivity index (χ4v) is 1.10. The minimum atomic E-state index is 0.276. The van der Waals surface area contributed by atoms with Crippen molar-refractivity contribution in [3.8, 4) is 11.5 Å². The van der Waals surface area contributed by atoms with Crippen LogP contribution >= 0.6 is 0 Å². The van der Waals surface area contributed by atoms with Crippen LogP contribution in [0.2, 0.25) is 0 Å². The van der Waals surface area contributed by atoms with E-state index in [2.05, 4.69) is 0 Å². The predicted octanol–water partition coefficient (Wildman–Crippen LogP) is 2.35. The average Bonchev–Trinajstić information content (AvgIpc) is 2.04. The van der Waals surface area contributed by atoms with Gasteiger partial charge >= 0.3 is 0 Å². The van der Waals surface area contributed by atoms with Crippen LogP contribution in [0.15, 0.2) is 18.2 Å². The first-order valence-corrected chi connectivity index (χ1v) is 4.22. The normalized spacial score (nSPS) is 9.83. The Morgan fingerprint density at radius 3 is 2.58 bits per heavy atom. The van der Waals surface area contributed by atoms with E-state index in [0.29, 0.717) is 6.61 Å². The van der Waals surface area contributed by atoms with E-state index in [4.69, 9.17) is 4.74 Å². The molecule has 0 radical (unpaired) electrons. The van der Waals surface area contributed by atoms with Gasteiger partial charge in [0.05, 0.1) is 6.61 Å². The summed E-state index contributed by atoms with van der Waals surface area (Å²) in [5.74, 6) is 1.02. The van der Waals surface area contributed by atoms with E-state index in [-0.39, 0.29) is 5.75 Å². The molecule has 2 heteroatoms. The molecule has 0 aromatic heterocycles. The molecule has 0 saturated carbocycles. The number of ether oxygens (including phenoxy) is 1. The Labute approximate surface area is 72.8 Å². The molecule has 1 aromatic carbocycles. The molecule has 1 aromatic rings. The zero-order valence-electron chi connectivity index (χ0n) is 7.50. The Morgan fingerprint density at radius 1 is 1.25 bits per heavy atom. The number of phenolic OH excluding ortho intramolecular Hbond substituents is 1. The molecule has 1 N–H and O–H groups in total.